The molecule has 1 unspecified atom stereocenters. The number of β-amino-alcohol motifs (C(OH)–C–C–N with tert-alkyl or cyclic N) is 1. The zero-order valence-electron chi connectivity index (χ0n) is 10.4. The molecular formula is C12H15Cl2NO3S. The number of halogens is 2. The molecule has 7 heteroatoms. The number of rotatable bonds is 2. The first-order valence-electron chi connectivity index (χ1n) is 5.90. The normalized spacial score (nSPS) is 25.5. The van der Waals surface area contributed by atoms with Gasteiger partial charge in [-0.05, 0) is 38.0 Å². The average molecular weight is 324 g/mol. The highest BCUT2D eigenvalue weighted by Crippen LogP contribution is 2.29. The molecule has 1 atom stereocenters. The first kappa shape index (κ1) is 15.1. The van der Waals surface area contributed by atoms with E-state index in [1.165, 1.54) is 22.5 Å². The lowest BCUT2D eigenvalue weighted by Crippen LogP contribution is -2.48. The van der Waals surface area contributed by atoms with Crippen LogP contribution in [0.3, 0.4) is 0 Å². The Morgan fingerprint density at radius 2 is 2.00 bits per heavy atom. The summed E-state index contributed by atoms with van der Waals surface area (Å²) in [6.07, 6.45) is 1.23. The lowest BCUT2D eigenvalue weighted by molar-refractivity contribution is 0.00940. The second kappa shape index (κ2) is 5.22. The lowest BCUT2D eigenvalue weighted by Gasteiger charge is -2.35. The molecule has 0 bridgehead atoms. The zero-order valence-corrected chi connectivity index (χ0v) is 12.8. The van der Waals surface area contributed by atoms with E-state index < -0.39 is 15.6 Å². The standard InChI is InChI=1S/C12H15Cl2NO3S/c1-12(16)5-2-6-15(8-12)19(17,18)9-3-4-10(13)11(14)7-9/h3-4,7,16H,2,5-6,8H2,1H3. The molecule has 2 rings (SSSR count). The highest BCUT2D eigenvalue weighted by molar-refractivity contribution is 7.89. The molecule has 0 aliphatic carbocycles. The van der Waals surface area contributed by atoms with Crippen LogP contribution in [0.2, 0.25) is 10.0 Å². The van der Waals surface area contributed by atoms with Gasteiger partial charge in [0.25, 0.3) is 0 Å². The van der Waals surface area contributed by atoms with Gasteiger partial charge in [0.05, 0.1) is 20.5 Å². The van der Waals surface area contributed by atoms with Crippen LogP contribution in [0.5, 0.6) is 0 Å². The summed E-state index contributed by atoms with van der Waals surface area (Å²) in [5, 5.41) is 10.5. The first-order chi connectivity index (χ1) is 8.72. The van der Waals surface area contributed by atoms with E-state index in [4.69, 9.17) is 23.2 Å². The van der Waals surface area contributed by atoms with E-state index in [0.717, 1.165) is 0 Å². The fraction of sp³-hybridized carbons (Fsp3) is 0.500. The van der Waals surface area contributed by atoms with Crippen molar-refractivity contribution in [3.8, 4) is 0 Å². The van der Waals surface area contributed by atoms with Crippen molar-refractivity contribution in [1.82, 2.24) is 4.31 Å². The van der Waals surface area contributed by atoms with Crippen molar-refractivity contribution in [2.45, 2.75) is 30.3 Å². The third-order valence-electron chi connectivity index (χ3n) is 3.17. The van der Waals surface area contributed by atoms with E-state index in [1.54, 1.807) is 6.92 Å². The van der Waals surface area contributed by atoms with Gasteiger partial charge in [-0.1, -0.05) is 23.2 Å². The molecule has 0 spiro atoms. The zero-order chi connectivity index (χ0) is 14.3. The monoisotopic (exact) mass is 323 g/mol. The van der Waals surface area contributed by atoms with Gasteiger partial charge in [0, 0.05) is 13.1 Å². The van der Waals surface area contributed by atoms with Gasteiger partial charge >= 0.3 is 0 Å². The minimum absolute atomic E-state index is 0.0928. The van der Waals surface area contributed by atoms with Crippen LogP contribution in [-0.4, -0.2) is 36.5 Å². The largest absolute Gasteiger partial charge is 0.389 e. The number of aliphatic hydroxyl groups is 1. The highest BCUT2D eigenvalue weighted by Gasteiger charge is 2.35. The summed E-state index contributed by atoms with van der Waals surface area (Å²) in [4.78, 5) is 0.0969. The Morgan fingerprint density at radius 1 is 1.32 bits per heavy atom. The fourth-order valence-corrected chi connectivity index (χ4v) is 4.15. The Kier molecular flexibility index (Phi) is 4.14. The Hall–Kier alpha value is -0.330. The Labute approximate surface area is 123 Å². The Bertz CT molecular complexity index is 587. The molecule has 0 amide bonds. The van der Waals surface area contributed by atoms with Crippen LogP contribution in [0.25, 0.3) is 0 Å². The molecular weight excluding hydrogens is 309 g/mol. The lowest BCUT2D eigenvalue weighted by atomic mass is 9.97. The van der Waals surface area contributed by atoms with Gasteiger partial charge < -0.3 is 5.11 Å². The number of hydrogen-bond donors (Lipinski definition) is 1. The van der Waals surface area contributed by atoms with Crippen LogP contribution < -0.4 is 0 Å². The molecule has 1 heterocycles. The maximum absolute atomic E-state index is 12.5. The van der Waals surface area contributed by atoms with E-state index in [-0.39, 0.29) is 16.5 Å². The first-order valence-corrected chi connectivity index (χ1v) is 8.10. The molecule has 0 radical (unpaired) electrons. The van der Waals surface area contributed by atoms with Crippen molar-refractivity contribution in [2.24, 2.45) is 0 Å². The third-order valence-corrected chi connectivity index (χ3v) is 5.75. The van der Waals surface area contributed by atoms with Gasteiger partial charge in [-0.15, -0.1) is 0 Å². The van der Waals surface area contributed by atoms with Crippen LogP contribution in [-0.2, 0) is 10.0 Å². The number of hydrogen-bond acceptors (Lipinski definition) is 3. The van der Waals surface area contributed by atoms with E-state index in [2.05, 4.69) is 0 Å². The molecule has 1 aliphatic rings. The van der Waals surface area contributed by atoms with Crippen LogP contribution in [0, 0.1) is 0 Å². The van der Waals surface area contributed by atoms with Crippen LogP contribution in [0.4, 0.5) is 0 Å². The van der Waals surface area contributed by atoms with Gasteiger partial charge in [0.1, 0.15) is 0 Å². The molecule has 1 saturated heterocycles. The number of piperidine rings is 1. The molecule has 1 fully saturated rings. The van der Waals surface area contributed by atoms with Gasteiger partial charge in [0.15, 0.2) is 0 Å². The molecule has 1 N–H and O–H groups in total. The van der Waals surface area contributed by atoms with Gasteiger partial charge in [-0.3, -0.25) is 0 Å². The topological polar surface area (TPSA) is 57.6 Å². The van der Waals surface area contributed by atoms with Crippen LogP contribution in [0.15, 0.2) is 23.1 Å². The quantitative estimate of drug-likeness (QED) is 0.909. The van der Waals surface area contributed by atoms with Gasteiger partial charge in [-0.25, -0.2) is 8.42 Å². The SMILES string of the molecule is CC1(O)CCCN(S(=O)(=O)c2ccc(Cl)c(Cl)c2)C1. The summed E-state index contributed by atoms with van der Waals surface area (Å²) >= 11 is 11.6. The van der Waals surface area contributed by atoms with Crippen LogP contribution >= 0.6 is 23.2 Å². The summed E-state index contributed by atoms with van der Waals surface area (Å²) < 4.78 is 26.2. The molecule has 4 nitrogen and oxygen atoms in total. The third kappa shape index (κ3) is 3.23. The molecule has 0 aromatic heterocycles. The molecule has 1 aromatic carbocycles. The van der Waals surface area contributed by atoms with E-state index >= 15 is 0 Å². The van der Waals surface area contributed by atoms with Crippen molar-refractivity contribution < 1.29 is 13.5 Å². The maximum atomic E-state index is 12.5. The van der Waals surface area contributed by atoms with E-state index in [0.29, 0.717) is 24.4 Å². The second-order valence-electron chi connectivity index (χ2n) is 5.02. The minimum Gasteiger partial charge on any atom is -0.389 e. The number of sulfonamides is 1. The highest BCUT2D eigenvalue weighted by atomic mass is 35.5. The van der Waals surface area contributed by atoms with E-state index in [1.807, 2.05) is 0 Å². The predicted molar refractivity (Wildman–Crippen MR) is 75.1 cm³/mol. The molecule has 1 aromatic rings. The van der Waals surface area contributed by atoms with Gasteiger partial charge in [0.2, 0.25) is 10.0 Å². The molecule has 0 saturated carbocycles. The van der Waals surface area contributed by atoms with Crippen molar-refractivity contribution in [3.05, 3.63) is 28.2 Å². The van der Waals surface area contributed by atoms with Crippen molar-refractivity contribution >= 4 is 33.2 Å². The molecule has 1 aliphatic heterocycles. The maximum Gasteiger partial charge on any atom is 0.243 e. The predicted octanol–water partition coefficient (Wildman–Crippen LogP) is 2.53. The average Bonchev–Trinajstić information content (AvgIpc) is 2.31. The number of benzene rings is 1. The minimum atomic E-state index is -3.64. The van der Waals surface area contributed by atoms with Crippen molar-refractivity contribution in [3.63, 3.8) is 0 Å². The summed E-state index contributed by atoms with van der Waals surface area (Å²) in [5.74, 6) is 0. The van der Waals surface area contributed by atoms with Crippen LogP contribution in [0.1, 0.15) is 19.8 Å². The van der Waals surface area contributed by atoms with E-state index in [9.17, 15) is 13.5 Å². The second-order valence-corrected chi connectivity index (χ2v) is 7.77. The summed E-state index contributed by atoms with van der Waals surface area (Å²) in [6.45, 7) is 2.14. The Balaban J connectivity index is 2.34. The number of nitrogens with zero attached hydrogens (tertiary/aromatic N) is 1. The molecule has 19 heavy (non-hydrogen) atoms. The van der Waals surface area contributed by atoms with Gasteiger partial charge in [-0.2, -0.15) is 4.31 Å². The van der Waals surface area contributed by atoms with Crippen molar-refractivity contribution in [1.29, 1.82) is 0 Å². The molecule has 106 valence electrons. The summed E-state index contributed by atoms with van der Waals surface area (Å²) in [7, 11) is -3.64. The summed E-state index contributed by atoms with van der Waals surface area (Å²) in [6, 6.07) is 4.22. The van der Waals surface area contributed by atoms with Crippen molar-refractivity contribution in [2.75, 3.05) is 13.1 Å². The smallest absolute Gasteiger partial charge is 0.243 e. The fourth-order valence-electron chi connectivity index (χ4n) is 2.17. The Morgan fingerprint density at radius 3 is 2.58 bits per heavy atom. The summed E-state index contributed by atoms with van der Waals surface area (Å²) in [5.41, 5.74) is -0.985.